The number of piperidine rings is 1. The molecular formula is C9H19NO. The zero-order chi connectivity index (χ0) is 8.27. The van der Waals surface area contributed by atoms with Gasteiger partial charge in [0.1, 0.15) is 0 Å². The van der Waals surface area contributed by atoms with Gasteiger partial charge in [0.15, 0.2) is 0 Å². The Kier molecular flexibility index (Phi) is 3.34. The van der Waals surface area contributed by atoms with Gasteiger partial charge in [-0.05, 0) is 33.2 Å². The Morgan fingerprint density at radius 2 is 2.27 bits per heavy atom. The monoisotopic (exact) mass is 157 g/mol. The molecule has 11 heavy (non-hydrogen) atoms. The maximum Gasteiger partial charge on any atom is 0.0639 e. The fraction of sp³-hybridized carbons (Fsp3) is 1.00. The molecule has 1 heterocycles. The lowest BCUT2D eigenvalue weighted by atomic mass is 10.0. The van der Waals surface area contributed by atoms with Crippen LogP contribution in [0.4, 0.5) is 0 Å². The summed E-state index contributed by atoms with van der Waals surface area (Å²) in [5.41, 5.74) is 0. The van der Waals surface area contributed by atoms with Gasteiger partial charge < -0.3 is 5.11 Å². The summed E-state index contributed by atoms with van der Waals surface area (Å²) in [6.45, 7) is 6.14. The van der Waals surface area contributed by atoms with E-state index in [1.807, 2.05) is 6.92 Å². The molecule has 0 aromatic heterocycles. The van der Waals surface area contributed by atoms with Gasteiger partial charge in [-0.1, -0.05) is 6.42 Å². The van der Waals surface area contributed by atoms with Crippen LogP contribution in [0.5, 0.6) is 0 Å². The summed E-state index contributed by atoms with van der Waals surface area (Å²) in [6.07, 6.45) is 3.79. The van der Waals surface area contributed by atoms with E-state index in [0.717, 1.165) is 6.54 Å². The lowest BCUT2D eigenvalue weighted by Gasteiger charge is -2.33. The van der Waals surface area contributed by atoms with Crippen LogP contribution in [-0.2, 0) is 0 Å². The first-order valence-corrected chi connectivity index (χ1v) is 4.62. The molecule has 66 valence electrons. The van der Waals surface area contributed by atoms with Gasteiger partial charge in [0, 0.05) is 12.6 Å². The van der Waals surface area contributed by atoms with E-state index in [-0.39, 0.29) is 6.10 Å². The van der Waals surface area contributed by atoms with Crippen LogP contribution >= 0.6 is 0 Å². The number of likely N-dealkylation sites (tertiary alicyclic amines) is 1. The molecule has 1 aliphatic rings. The minimum Gasteiger partial charge on any atom is -0.392 e. The zero-order valence-electron chi connectivity index (χ0n) is 7.58. The smallest absolute Gasteiger partial charge is 0.0639 e. The topological polar surface area (TPSA) is 23.5 Å². The molecule has 1 rings (SSSR count). The molecule has 0 amide bonds. The Morgan fingerprint density at radius 3 is 2.82 bits per heavy atom. The predicted molar refractivity (Wildman–Crippen MR) is 46.6 cm³/mol. The summed E-state index contributed by atoms with van der Waals surface area (Å²) in [5.74, 6) is 0. The molecule has 2 atom stereocenters. The first-order valence-electron chi connectivity index (χ1n) is 4.62. The fourth-order valence-corrected chi connectivity index (χ4v) is 1.77. The van der Waals surface area contributed by atoms with Crippen LogP contribution in [0.25, 0.3) is 0 Å². The number of hydrogen-bond acceptors (Lipinski definition) is 2. The summed E-state index contributed by atoms with van der Waals surface area (Å²) in [6, 6.07) is 0.679. The summed E-state index contributed by atoms with van der Waals surface area (Å²) in [7, 11) is 0. The molecule has 2 nitrogen and oxygen atoms in total. The van der Waals surface area contributed by atoms with Crippen molar-refractivity contribution < 1.29 is 5.11 Å². The molecule has 0 aromatic rings. The molecule has 1 fully saturated rings. The highest BCUT2D eigenvalue weighted by Crippen LogP contribution is 2.15. The Balaban J connectivity index is 2.29. The van der Waals surface area contributed by atoms with E-state index < -0.39 is 0 Å². The van der Waals surface area contributed by atoms with Gasteiger partial charge in [0.25, 0.3) is 0 Å². The van der Waals surface area contributed by atoms with Crippen LogP contribution < -0.4 is 0 Å². The average Bonchev–Trinajstić information content (AvgIpc) is 1.93. The molecule has 0 spiro atoms. The first kappa shape index (κ1) is 9.01. The third-order valence-electron chi connectivity index (χ3n) is 2.44. The van der Waals surface area contributed by atoms with Crippen LogP contribution in [-0.4, -0.2) is 35.2 Å². The second-order valence-corrected chi connectivity index (χ2v) is 3.69. The quantitative estimate of drug-likeness (QED) is 0.652. The van der Waals surface area contributed by atoms with Crippen molar-refractivity contribution in [2.24, 2.45) is 0 Å². The molecule has 0 radical (unpaired) electrons. The zero-order valence-corrected chi connectivity index (χ0v) is 7.58. The van der Waals surface area contributed by atoms with Gasteiger partial charge in [-0.25, -0.2) is 0 Å². The highest BCUT2D eigenvalue weighted by molar-refractivity contribution is 4.73. The molecule has 0 unspecified atom stereocenters. The van der Waals surface area contributed by atoms with E-state index in [1.165, 1.54) is 25.8 Å². The molecule has 1 N–H and O–H groups in total. The van der Waals surface area contributed by atoms with Crippen molar-refractivity contribution in [1.82, 2.24) is 4.90 Å². The lowest BCUT2D eigenvalue weighted by molar-refractivity contribution is 0.0832. The highest BCUT2D eigenvalue weighted by Gasteiger charge is 2.18. The van der Waals surface area contributed by atoms with Crippen LogP contribution in [0.1, 0.15) is 33.1 Å². The van der Waals surface area contributed by atoms with Gasteiger partial charge in [-0.3, -0.25) is 4.90 Å². The lowest BCUT2D eigenvalue weighted by Crippen LogP contribution is -2.41. The SMILES string of the molecule is C[C@H](O)CN1CCCC[C@H]1C. The molecule has 1 aliphatic heterocycles. The third kappa shape index (κ3) is 2.80. The predicted octanol–water partition coefficient (Wildman–Crippen LogP) is 1.24. The number of rotatable bonds is 2. The molecule has 0 saturated carbocycles. The van der Waals surface area contributed by atoms with Crippen molar-refractivity contribution in [1.29, 1.82) is 0 Å². The second kappa shape index (κ2) is 4.07. The third-order valence-corrected chi connectivity index (χ3v) is 2.44. The molecule has 0 aliphatic carbocycles. The van der Waals surface area contributed by atoms with E-state index in [9.17, 15) is 5.11 Å². The largest absolute Gasteiger partial charge is 0.392 e. The molecule has 0 bridgehead atoms. The van der Waals surface area contributed by atoms with E-state index in [1.54, 1.807) is 0 Å². The van der Waals surface area contributed by atoms with Gasteiger partial charge in [0.05, 0.1) is 6.10 Å². The van der Waals surface area contributed by atoms with Gasteiger partial charge in [0.2, 0.25) is 0 Å². The van der Waals surface area contributed by atoms with Gasteiger partial charge in [-0.2, -0.15) is 0 Å². The molecule has 2 heteroatoms. The number of β-amino-alcohol motifs (C(OH)–C–C–N with tert-alkyl or cyclic N) is 1. The van der Waals surface area contributed by atoms with Crippen molar-refractivity contribution in [3.05, 3.63) is 0 Å². The Bertz CT molecular complexity index is 114. The number of nitrogens with zero attached hydrogens (tertiary/aromatic N) is 1. The standard InChI is InChI=1S/C9H19NO/c1-8-5-3-4-6-10(8)7-9(2)11/h8-9,11H,3-7H2,1-2H3/t8-,9+/m1/s1. The highest BCUT2D eigenvalue weighted by atomic mass is 16.3. The molecular weight excluding hydrogens is 138 g/mol. The van der Waals surface area contributed by atoms with Crippen molar-refractivity contribution in [3.63, 3.8) is 0 Å². The van der Waals surface area contributed by atoms with E-state index in [4.69, 9.17) is 0 Å². The summed E-state index contributed by atoms with van der Waals surface area (Å²) in [5, 5.41) is 9.18. The Hall–Kier alpha value is -0.0800. The van der Waals surface area contributed by atoms with E-state index in [2.05, 4.69) is 11.8 Å². The van der Waals surface area contributed by atoms with Gasteiger partial charge >= 0.3 is 0 Å². The van der Waals surface area contributed by atoms with Crippen LogP contribution in [0.3, 0.4) is 0 Å². The summed E-state index contributed by atoms with van der Waals surface area (Å²) in [4.78, 5) is 2.38. The maximum absolute atomic E-state index is 9.18. The van der Waals surface area contributed by atoms with E-state index >= 15 is 0 Å². The van der Waals surface area contributed by atoms with Crippen molar-refractivity contribution in [3.8, 4) is 0 Å². The van der Waals surface area contributed by atoms with Crippen LogP contribution in [0, 0.1) is 0 Å². The maximum atomic E-state index is 9.18. The summed E-state index contributed by atoms with van der Waals surface area (Å²) < 4.78 is 0. The normalized spacial score (nSPS) is 30.3. The first-order chi connectivity index (χ1) is 5.20. The fourth-order valence-electron chi connectivity index (χ4n) is 1.77. The van der Waals surface area contributed by atoms with E-state index in [0.29, 0.717) is 6.04 Å². The van der Waals surface area contributed by atoms with Crippen molar-refractivity contribution in [2.75, 3.05) is 13.1 Å². The van der Waals surface area contributed by atoms with Gasteiger partial charge in [-0.15, -0.1) is 0 Å². The summed E-state index contributed by atoms with van der Waals surface area (Å²) >= 11 is 0. The minimum absolute atomic E-state index is 0.171. The Morgan fingerprint density at radius 1 is 1.55 bits per heavy atom. The number of aliphatic hydroxyl groups excluding tert-OH is 1. The van der Waals surface area contributed by atoms with Crippen LogP contribution in [0.15, 0.2) is 0 Å². The average molecular weight is 157 g/mol. The van der Waals surface area contributed by atoms with Crippen molar-refractivity contribution in [2.45, 2.75) is 45.3 Å². The van der Waals surface area contributed by atoms with Crippen molar-refractivity contribution >= 4 is 0 Å². The second-order valence-electron chi connectivity index (χ2n) is 3.69. The minimum atomic E-state index is -0.171. The molecule has 1 saturated heterocycles. The molecule has 0 aromatic carbocycles. The number of aliphatic hydroxyl groups is 1. The Labute approximate surface area is 69.2 Å². The number of hydrogen-bond donors (Lipinski definition) is 1. The van der Waals surface area contributed by atoms with Crippen LogP contribution in [0.2, 0.25) is 0 Å².